The third-order valence-electron chi connectivity index (χ3n) is 5.28. The summed E-state index contributed by atoms with van der Waals surface area (Å²) < 4.78 is 17.5. The highest BCUT2D eigenvalue weighted by atomic mass is 35.5. The minimum atomic E-state index is -0.368. The summed E-state index contributed by atoms with van der Waals surface area (Å²) in [6, 6.07) is 17.2. The molecule has 1 N–H and O–H groups in total. The third-order valence-corrected chi connectivity index (χ3v) is 5.51. The number of benzene rings is 3. The van der Waals surface area contributed by atoms with Gasteiger partial charge in [0.25, 0.3) is 5.56 Å². The number of fused-ring (bicyclic) bond motifs is 2. The number of halogens is 1. The summed E-state index contributed by atoms with van der Waals surface area (Å²) >= 11 is 6.11. The van der Waals surface area contributed by atoms with E-state index in [1.165, 1.54) is 25.1 Å². The van der Waals surface area contributed by atoms with Crippen molar-refractivity contribution in [3.63, 3.8) is 0 Å². The summed E-state index contributed by atoms with van der Waals surface area (Å²) in [5.74, 6) is 0.870. The molecule has 0 unspecified atom stereocenters. The maximum absolute atomic E-state index is 13.4. The molecule has 5 rings (SSSR count). The highest BCUT2D eigenvalue weighted by Gasteiger charge is 2.17. The molecule has 0 saturated heterocycles. The van der Waals surface area contributed by atoms with E-state index < -0.39 is 0 Å². The molecule has 9 heteroatoms. The lowest BCUT2D eigenvalue weighted by molar-refractivity contribution is 0.340. The first-order valence-corrected chi connectivity index (χ1v) is 10.6. The van der Waals surface area contributed by atoms with E-state index in [2.05, 4.69) is 10.1 Å². The van der Waals surface area contributed by atoms with Crippen LogP contribution in [0.4, 0.5) is 0 Å². The van der Waals surface area contributed by atoms with E-state index >= 15 is 0 Å². The molecule has 0 spiro atoms. The van der Waals surface area contributed by atoms with Gasteiger partial charge in [-0.05, 0) is 48.5 Å². The maximum Gasteiger partial charge on any atom is 0.282 e. The van der Waals surface area contributed by atoms with E-state index in [1.807, 2.05) is 0 Å². The molecule has 0 radical (unpaired) electrons. The fraction of sp³-hybridized carbons (Fsp3) is 0.0800. The molecule has 2 aromatic heterocycles. The first kappa shape index (κ1) is 21.5. The normalized spacial score (nSPS) is 11.5. The number of aromatic hydroxyl groups is 1. The number of phenols is 1. The van der Waals surface area contributed by atoms with Crippen molar-refractivity contribution in [2.24, 2.45) is 5.10 Å². The second-order valence-corrected chi connectivity index (χ2v) is 7.82. The lowest BCUT2D eigenvalue weighted by Gasteiger charge is -2.10. The van der Waals surface area contributed by atoms with Crippen LogP contribution in [0, 0.1) is 0 Å². The molecule has 8 nitrogen and oxygen atoms in total. The molecular formula is C25H18ClN3O5. The second-order valence-electron chi connectivity index (χ2n) is 7.38. The number of nitrogens with zero attached hydrogens (tertiary/aromatic N) is 3. The van der Waals surface area contributed by atoms with Crippen LogP contribution in [-0.2, 0) is 0 Å². The van der Waals surface area contributed by atoms with E-state index in [1.54, 1.807) is 60.7 Å². The smallest absolute Gasteiger partial charge is 0.282 e. The van der Waals surface area contributed by atoms with Crippen LogP contribution in [0.15, 0.2) is 75.0 Å². The fourth-order valence-corrected chi connectivity index (χ4v) is 3.81. The summed E-state index contributed by atoms with van der Waals surface area (Å²) in [4.78, 5) is 18.0. The summed E-state index contributed by atoms with van der Waals surface area (Å²) in [7, 11) is 2.86. The minimum Gasteiger partial charge on any atom is -0.502 e. The zero-order chi connectivity index (χ0) is 23.8. The Morgan fingerprint density at radius 2 is 1.79 bits per heavy atom. The molecule has 34 heavy (non-hydrogen) atoms. The Morgan fingerprint density at radius 1 is 1.06 bits per heavy atom. The highest BCUT2D eigenvalue weighted by molar-refractivity contribution is 6.31. The predicted octanol–water partition coefficient (Wildman–Crippen LogP) is 5.07. The number of para-hydroxylation sites is 1. The molecule has 0 amide bonds. The highest BCUT2D eigenvalue weighted by Crippen LogP contribution is 2.36. The van der Waals surface area contributed by atoms with Crippen LogP contribution in [0.2, 0.25) is 5.02 Å². The number of phenolic OH excluding ortho intramolecular Hbond substituents is 1. The maximum atomic E-state index is 13.4. The topological polar surface area (TPSA) is 99.1 Å². The summed E-state index contributed by atoms with van der Waals surface area (Å²) in [6.07, 6.45) is 1.45. The van der Waals surface area contributed by atoms with Gasteiger partial charge in [-0.2, -0.15) is 9.78 Å². The number of aromatic nitrogens is 2. The molecule has 0 aliphatic carbocycles. The Kier molecular flexibility index (Phi) is 5.43. The molecule has 0 aliphatic rings. The Morgan fingerprint density at radius 3 is 2.53 bits per heavy atom. The number of hydrogen-bond donors (Lipinski definition) is 1. The molecule has 0 bridgehead atoms. The molecule has 0 saturated carbocycles. The number of rotatable bonds is 5. The van der Waals surface area contributed by atoms with Gasteiger partial charge in [-0.15, -0.1) is 0 Å². The molecule has 3 aromatic carbocycles. The van der Waals surface area contributed by atoms with Crippen molar-refractivity contribution in [2.75, 3.05) is 14.2 Å². The number of furan rings is 1. The van der Waals surface area contributed by atoms with E-state index in [0.29, 0.717) is 32.8 Å². The first-order valence-electron chi connectivity index (χ1n) is 10.2. The van der Waals surface area contributed by atoms with Crippen LogP contribution in [0.5, 0.6) is 17.2 Å². The Bertz CT molecular complexity index is 1610. The molecule has 0 atom stereocenters. The zero-order valence-corrected chi connectivity index (χ0v) is 18.9. The monoisotopic (exact) mass is 475 g/mol. The van der Waals surface area contributed by atoms with Crippen molar-refractivity contribution in [3.05, 3.63) is 81.6 Å². The van der Waals surface area contributed by atoms with Crippen LogP contribution in [0.3, 0.4) is 0 Å². The van der Waals surface area contributed by atoms with E-state index in [9.17, 15) is 9.90 Å². The molecule has 0 aliphatic heterocycles. The number of hydrogen-bond acceptors (Lipinski definition) is 7. The van der Waals surface area contributed by atoms with Crippen LogP contribution in [0.1, 0.15) is 5.56 Å². The number of ether oxygens (including phenoxy) is 2. The van der Waals surface area contributed by atoms with Crippen LogP contribution < -0.4 is 15.0 Å². The lowest BCUT2D eigenvalue weighted by Crippen LogP contribution is -2.20. The molecule has 0 fully saturated rings. The van der Waals surface area contributed by atoms with Gasteiger partial charge in [-0.1, -0.05) is 23.7 Å². The summed E-state index contributed by atoms with van der Waals surface area (Å²) in [6.45, 7) is 0. The van der Waals surface area contributed by atoms with Gasteiger partial charge in [0, 0.05) is 16.0 Å². The zero-order valence-electron chi connectivity index (χ0n) is 18.2. The van der Waals surface area contributed by atoms with Crippen LogP contribution in [0.25, 0.3) is 33.5 Å². The van der Waals surface area contributed by atoms with Crippen LogP contribution in [-0.4, -0.2) is 35.2 Å². The van der Waals surface area contributed by atoms with Gasteiger partial charge in [0.15, 0.2) is 17.3 Å². The van der Waals surface area contributed by atoms with Crippen LogP contribution >= 0.6 is 11.6 Å². The van der Waals surface area contributed by atoms with Gasteiger partial charge in [0.05, 0.1) is 31.3 Å². The second kappa shape index (κ2) is 8.57. The Hall–Kier alpha value is -4.30. The minimum absolute atomic E-state index is 0.131. The average Bonchev–Trinajstić information content (AvgIpc) is 3.27. The van der Waals surface area contributed by atoms with E-state index in [0.717, 1.165) is 5.39 Å². The Balaban J connectivity index is 1.71. The quantitative estimate of drug-likeness (QED) is 0.356. The predicted molar refractivity (Wildman–Crippen MR) is 130 cm³/mol. The van der Waals surface area contributed by atoms with Gasteiger partial charge < -0.3 is 19.0 Å². The molecular weight excluding hydrogens is 458 g/mol. The SMILES string of the molecule is COc1cc(C=Nn2c(-c3cc4cc(Cl)ccc4o3)nc3ccccc3c2=O)cc(OC)c1O. The van der Waals surface area contributed by atoms with Gasteiger partial charge in [-0.25, -0.2) is 4.98 Å². The lowest BCUT2D eigenvalue weighted by atomic mass is 10.2. The third kappa shape index (κ3) is 3.74. The fourth-order valence-electron chi connectivity index (χ4n) is 3.63. The largest absolute Gasteiger partial charge is 0.502 e. The van der Waals surface area contributed by atoms with Crippen molar-refractivity contribution in [1.29, 1.82) is 0 Å². The van der Waals surface area contributed by atoms with Gasteiger partial charge >= 0.3 is 0 Å². The average molecular weight is 476 g/mol. The van der Waals surface area contributed by atoms with Gasteiger partial charge in [0.1, 0.15) is 5.58 Å². The molecule has 2 heterocycles. The van der Waals surface area contributed by atoms with Gasteiger partial charge in [0.2, 0.25) is 11.6 Å². The van der Waals surface area contributed by atoms with E-state index in [4.69, 9.17) is 25.5 Å². The summed E-state index contributed by atoms with van der Waals surface area (Å²) in [5.41, 5.74) is 1.28. The van der Waals surface area contributed by atoms with Crippen molar-refractivity contribution in [3.8, 4) is 28.8 Å². The standard InChI is InChI=1S/C25H18ClN3O5/c1-32-20-9-14(10-21(33-2)23(20)30)13-27-29-24(28-18-6-4-3-5-17(18)25(29)31)22-12-15-11-16(26)7-8-19(15)34-22/h3-13,30H,1-2H3. The van der Waals surface area contributed by atoms with Gasteiger partial charge in [-0.3, -0.25) is 4.79 Å². The molecule has 170 valence electrons. The summed E-state index contributed by atoms with van der Waals surface area (Å²) in [5, 5.41) is 16.3. The number of methoxy groups -OCH3 is 2. The van der Waals surface area contributed by atoms with Crippen molar-refractivity contribution >= 4 is 39.7 Å². The Labute approximate surface area is 198 Å². The first-order chi connectivity index (χ1) is 16.5. The van der Waals surface area contributed by atoms with Crippen molar-refractivity contribution in [1.82, 2.24) is 9.66 Å². The molecule has 5 aromatic rings. The van der Waals surface area contributed by atoms with E-state index in [-0.39, 0.29) is 28.6 Å². The van der Waals surface area contributed by atoms with Crippen molar-refractivity contribution < 1.29 is 19.0 Å². The van der Waals surface area contributed by atoms with Crippen molar-refractivity contribution in [2.45, 2.75) is 0 Å².